The van der Waals surface area contributed by atoms with Crippen LogP contribution in [0.15, 0.2) is 36.7 Å². The molecule has 0 saturated heterocycles. The predicted octanol–water partition coefficient (Wildman–Crippen LogP) is 4.28. The van der Waals surface area contributed by atoms with Crippen LogP contribution in [0.1, 0.15) is 32.1 Å². The average molecular weight is 338 g/mol. The van der Waals surface area contributed by atoms with E-state index in [1.807, 2.05) is 18.2 Å². The van der Waals surface area contributed by atoms with E-state index in [9.17, 15) is 9.18 Å². The summed E-state index contributed by atoms with van der Waals surface area (Å²) in [6, 6.07) is 7.16. The van der Waals surface area contributed by atoms with Crippen molar-refractivity contribution in [1.82, 2.24) is 15.2 Å². The standard InChI is InChI=1S/C19H19FN4O/c20-16-11-21-18(23-19(25)12-5-2-1-3-6-12)9-14(16)13-7-4-8-17-15(13)10-22-24-17/h4,7-12H,1-3,5-6H2,(H,22,24)(H,21,23,25). The molecule has 1 aliphatic rings. The summed E-state index contributed by atoms with van der Waals surface area (Å²) in [6.07, 6.45) is 8.01. The minimum absolute atomic E-state index is 0.0220. The topological polar surface area (TPSA) is 70.7 Å². The summed E-state index contributed by atoms with van der Waals surface area (Å²) in [5.74, 6) is -0.0375. The largest absolute Gasteiger partial charge is 0.310 e. The maximum atomic E-state index is 14.4. The molecule has 0 bridgehead atoms. The number of amides is 1. The molecule has 0 radical (unpaired) electrons. The van der Waals surface area contributed by atoms with Crippen LogP contribution in [0.25, 0.3) is 22.0 Å². The number of hydrogen-bond donors (Lipinski definition) is 2. The number of fused-ring (bicyclic) bond motifs is 1. The molecule has 4 rings (SSSR count). The monoisotopic (exact) mass is 338 g/mol. The van der Waals surface area contributed by atoms with E-state index in [0.717, 1.165) is 48.3 Å². The van der Waals surface area contributed by atoms with Crippen molar-refractivity contribution in [2.45, 2.75) is 32.1 Å². The van der Waals surface area contributed by atoms with Crippen LogP contribution in [-0.2, 0) is 4.79 Å². The Morgan fingerprint density at radius 1 is 1.16 bits per heavy atom. The van der Waals surface area contributed by atoms with Crippen LogP contribution < -0.4 is 5.32 Å². The van der Waals surface area contributed by atoms with Crippen molar-refractivity contribution in [2.75, 3.05) is 5.32 Å². The Labute approximate surface area is 144 Å². The van der Waals surface area contributed by atoms with Crippen LogP contribution in [0.4, 0.5) is 10.2 Å². The van der Waals surface area contributed by atoms with Gasteiger partial charge in [0.25, 0.3) is 0 Å². The van der Waals surface area contributed by atoms with Gasteiger partial charge in [-0.3, -0.25) is 9.89 Å². The van der Waals surface area contributed by atoms with E-state index in [0.29, 0.717) is 11.4 Å². The second kappa shape index (κ2) is 6.63. The van der Waals surface area contributed by atoms with Crippen molar-refractivity contribution in [2.24, 2.45) is 5.92 Å². The van der Waals surface area contributed by atoms with Gasteiger partial charge >= 0.3 is 0 Å². The fraction of sp³-hybridized carbons (Fsp3) is 0.316. The Morgan fingerprint density at radius 3 is 2.84 bits per heavy atom. The Bertz CT molecular complexity index is 915. The quantitative estimate of drug-likeness (QED) is 0.749. The van der Waals surface area contributed by atoms with Gasteiger partial charge < -0.3 is 5.32 Å². The lowest BCUT2D eigenvalue weighted by Crippen LogP contribution is -2.25. The zero-order valence-electron chi connectivity index (χ0n) is 13.8. The van der Waals surface area contributed by atoms with E-state index in [2.05, 4.69) is 20.5 Å². The molecule has 2 aromatic heterocycles. The molecule has 1 fully saturated rings. The molecule has 1 saturated carbocycles. The molecule has 2 N–H and O–H groups in total. The van der Waals surface area contributed by atoms with Gasteiger partial charge in [0.05, 0.1) is 17.9 Å². The van der Waals surface area contributed by atoms with Crippen LogP contribution in [0, 0.1) is 11.7 Å². The molecule has 25 heavy (non-hydrogen) atoms. The Hall–Kier alpha value is -2.76. The van der Waals surface area contributed by atoms with Crippen molar-refractivity contribution in [1.29, 1.82) is 0 Å². The average Bonchev–Trinajstić information content (AvgIpc) is 3.13. The van der Waals surface area contributed by atoms with Crippen LogP contribution in [0.3, 0.4) is 0 Å². The third-order valence-electron chi connectivity index (χ3n) is 4.86. The molecule has 6 heteroatoms. The number of hydrogen-bond acceptors (Lipinski definition) is 3. The normalized spacial score (nSPS) is 15.4. The zero-order valence-corrected chi connectivity index (χ0v) is 13.8. The number of aromatic nitrogens is 3. The van der Waals surface area contributed by atoms with Crippen molar-refractivity contribution < 1.29 is 9.18 Å². The van der Waals surface area contributed by atoms with Gasteiger partial charge in [0.1, 0.15) is 11.6 Å². The fourth-order valence-electron chi connectivity index (χ4n) is 3.51. The smallest absolute Gasteiger partial charge is 0.228 e. The number of carbonyl (C=O) groups is 1. The van der Waals surface area contributed by atoms with Crippen LogP contribution >= 0.6 is 0 Å². The lowest BCUT2D eigenvalue weighted by molar-refractivity contribution is -0.120. The van der Waals surface area contributed by atoms with Crippen molar-refractivity contribution >= 4 is 22.6 Å². The lowest BCUT2D eigenvalue weighted by atomic mass is 9.89. The summed E-state index contributed by atoms with van der Waals surface area (Å²) < 4.78 is 14.4. The summed E-state index contributed by atoms with van der Waals surface area (Å²) in [4.78, 5) is 16.4. The number of rotatable bonds is 3. The van der Waals surface area contributed by atoms with Gasteiger partial charge in [-0.05, 0) is 30.5 Å². The highest BCUT2D eigenvalue weighted by Crippen LogP contribution is 2.31. The molecule has 5 nitrogen and oxygen atoms in total. The predicted molar refractivity (Wildman–Crippen MR) is 94.5 cm³/mol. The number of nitrogens with one attached hydrogen (secondary N) is 2. The molecule has 1 aliphatic carbocycles. The number of halogens is 1. The van der Waals surface area contributed by atoms with Gasteiger partial charge in [0, 0.05) is 16.9 Å². The first-order valence-electron chi connectivity index (χ1n) is 8.61. The number of pyridine rings is 1. The van der Waals surface area contributed by atoms with Crippen LogP contribution in [0.5, 0.6) is 0 Å². The second-order valence-corrected chi connectivity index (χ2v) is 6.51. The van der Waals surface area contributed by atoms with E-state index in [1.54, 1.807) is 12.3 Å². The summed E-state index contributed by atoms with van der Waals surface area (Å²) in [5, 5.41) is 10.6. The number of aromatic amines is 1. The molecule has 3 aromatic rings. The second-order valence-electron chi connectivity index (χ2n) is 6.51. The minimum atomic E-state index is -0.427. The minimum Gasteiger partial charge on any atom is -0.310 e. The molecule has 1 amide bonds. The zero-order chi connectivity index (χ0) is 17.2. The molecule has 0 spiro atoms. The number of benzene rings is 1. The molecule has 128 valence electrons. The maximum Gasteiger partial charge on any atom is 0.228 e. The molecular weight excluding hydrogens is 319 g/mol. The highest BCUT2D eigenvalue weighted by molar-refractivity contribution is 5.96. The first-order valence-corrected chi connectivity index (χ1v) is 8.61. The van der Waals surface area contributed by atoms with Crippen LogP contribution in [0.2, 0.25) is 0 Å². The van der Waals surface area contributed by atoms with Crippen molar-refractivity contribution in [3.05, 3.63) is 42.5 Å². The first kappa shape index (κ1) is 15.7. The van der Waals surface area contributed by atoms with E-state index in [1.165, 1.54) is 6.42 Å². The summed E-state index contributed by atoms with van der Waals surface area (Å²) >= 11 is 0. The molecular formula is C19H19FN4O. The van der Waals surface area contributed by atoms with E-state index in [-0.39, 0.29) is 11.8 Å². The number of H-pyrrole nitrogens is 1. The molecule has 0 aliphatic heterocycles. The summed E-state index contributed by atoms with van der Waals surface area (Å²) in [7, 11) is 0. The molecule has 0 unspecified atom stereocenters. The van der Waals surface area contributed by atoms with Gasteiger partial charge in [0.2, 0.25) is 5.91 Å². The summed E-state index contributed by atoms with van der Waals surface area (Å²) in [5.41, 5.74) is 1.96. The Kier molecular flexibility index (Phi) is 4.17. The molecule has 1 aromatic carbocycles. The van der Waals surface area contributed by atoms with Gasteiger partial charge in [-0.15, -0.1) is 0 Å². The van der Waals surface area contributed by atoms with E-state index >= 15 is 0 Å². The van der Waals surface area contributed by atoms with Crippen LogP contribution in [-0.4, -0.2) is 21.1 Å². The Morgan fingerprint density at radius 2 is 2.00 bits per heavy atom. The molecule has 0 atom stereocenters. The van der Waals surface area contributed by atoms with E-state index in [4.69, 9.17) is 0 Å². The SMILES string of the molecule is O=C(Nc1cc(-c2cccc3[nH]ncc23)c(F)cn1)C1CCCCC1. The van der Waals surface area contributed by atoms with Gasteiger partial charge in [-0.25, -0.2) is 9.37 Å². The van der Waals surface area contributed by atoms with Gasteiger partial charge in [-0.2, -0.15) is 5.10 Å². The van der Waals surface area contributed by atoms with Gasteiger partial charge in [0.15, 0.2) is 0 Å². The van der Waals surface area contributed by atoms with Crippen molar-refractivity contribution in [3.8, 4) is 11.1 Å². The highest BCUT2D eigenvalue weighted by atomic mass is 19.1. The summed E-state index contributed by atoms with van der Waals surface area (Å²) in [6.45, 7) is 0. The van der Waals surface area contributed by atoms with Gasteiger partial charge in [-0.1, -0.05) is 31.4 Å². The first-order chi connectivity index (χ1) is 12.2. The number of nitrogens with zero attached hydrogens (tertiary/aromatic N) is 2. The third kappa shape index (κ3) is 3.12. The maximum absolute atomic E-state index is 14.4. The Balaban J connectivity index is 1.65. The number of anilines is 1. The lowest BCUT2D eigenvalue weighted by Gasteiger charge is -2.20. The highest BCUT2D eigenvalue weighted by Gasteiger charge is 2.22. The van der Waals surface area contributed by atoms with Crippen molar-refractivity contribution in [3.63, 3.8) is 0 Å². The van der Waals surface area contributed by atoms with E-state index < -0.39 is 5.82 Å². The molecule has 2 heterocycles. The third-order valence-corrected chi connectivity index (χ3v) is 4.86. The fourth-order valence-corrected chi connectivity index (χ4v) is 3.51. The number of carbonyl (C=O) groups excluding carboxylic acids is 1.